The molecular formula is C21H38Cl2O2. The second kappa shape index (κ2) is 18.7. The van der Waals surface area contributed by atoms with Crippen LogP contribution in [0.15, 0.2) is 0 Å². The van der Waals surface area contributed by atoms with Crippen LogP contribution < -0.4 is 0 Å². The van der Waals surface area contributed by atoms with Crippen molar-refractivity contribution in [3.05, 3.63) is 0 Å². The third-order valence-electron chi connectivity index (χ3n) is 4.90. The van der Waals surface area contributed by atoms with Gasteiger partial charge in [0.15, 0.2) is 0 Å². The van der Waals surface area contributed by atoms with E-state index >= 15 is 0 Å². The Kier molecular flexibility index (Phi) is 18.6. The van der Waals surface area contributed by atoms with Gasteiger partial charge in [-0.3, -0.25) is 9.59 Å². The topological polar surface area (TPSA) is 34.1 Å². The lowest BCUT2D eigenvalue weighted by Crippen LogP contribution is -1.97. The first-order chi connectivity index (χ1) is 12.0. The summed E-state index contributed by atoms with van der Waals surface area (Å²) in [6.07, 6.45) is 19.9. The molecule has 148 valence electrons. The molecule has 4 heteroatoms. The maximum Gasteiger partial charge on any atom is 0.221 e. The number of carbonyl (C=O) groups excluding carboxylic acids is 2. The third kappa shape index (κ3) is 21.9. The number of rotatable bonds is 19. The van der Waals surface area contributed by atoms with E-state index in [1.54, 1.807) is 0 Å². The second-order valence-corrected chi connectivity index (χ2v) is 8.33. The van der Waals surface area contributed by atoms with Gasteiger partial charge in [0.25, 0.3) is 0 Å². The Hall–Kier alpha value is -0.0800. The van der Waals surface area contributed by atoms with Crippen molar-refractivity contribution in [3.8, 4) is 0 Å². The van der Waals surface area contributed by atoms with Gasteiger partial charge in [0.2, 0.25) is 10.5 Å². The van der Waals surface area contributed by atoms with Gasteiger partial charge < -0.3 is 0 Å². The lowest BCUT2D eigenvalue weighted by atomic mass is 9.97. The van der Waals surface area contributed by atoms with Crippen LogP contribution >= 0.6 is 23.2 Å². The monoisotopic (exact) mass is 392 g/mol. The summed E-state index contributed by atoms with van der Waals surface area (Å²) in [6, 6.07) is 0. The quantitative estimate of drug-likeness (QED) is 0.166. The van der Waals surface area contributed by atoms with Gasteiger partial charge in [-0.1, -0.05) is 90.4 Å². The molecule has 0 radical (unpaired) electrons. The molecule has 0 saturated carbocycles. The van der Waals surface area contributed by atoms with Gasteiger partial charge in [-0.15, -0.1) is 0 Å². The summed E-state index contributed by atoms with van der Waals surface area (Å²) in [5.74, 6) is 0.623. The van der Waals surface area contributed by atoms with Crippen molar-refractivity contribution in [2.45, 2.75) is 116 Å². The molecule has 0 aromatic carbocycles. The lowest BCUT2D eigenvalue weighted by Gasteiger charge is -2.09. The van der Waals surface area contributed by atoms with E-state index in [1.165, 1.54) is 77.0 Å². The summed E-state index contributed by atoms with van der Waals surface area (Å²) < 4.78 is 0. The number of carbonyl (C=O) groups is 2. The zero-order valence-corrected chi connectivity index (χ0v) is 17.7. The van der Waals surface area contributed by atoms with Crippen molar-refractivity contribution < 1.29 is 9.59 Å². The Balaban J connectivity index is 3.11. The largest absolute Gasteiger partial charge is 0.281 e. The number of hydrogen-bond acceptors (Lipinski definition) is 2. The van der Waals surface area contributed by atoms with E-state index in [9.17, 15) is 9.59 Å². The molecule has 0 spiro atoms. The van der Waals surface area contributed by atoms with Gasteiger partial charge in [-0.05, 0) is 42.0 Å². The average molecular weight is 393 g/mol. The molecule has 0 aliphatic rings. The van der Waals surface area contributed by atoms with Crippen molar-refractivity contribution in [1.82, 2.24) is 0 Å². The highest BCUT2D eigenvalue weighted by atomic mass is 35.5. The standard InChI is InChI=1S/C21H38Cl2O2/c1-19(17-18-21(23)25)15-13-11-9-7-5-3-2-4-6-8-10-12-14-16-20(22)24/h19H,2-18H2,1H3. The molecule has 0 aliphatic carbocycles. The minimum atomic E-state index is -0.199. The maximum atomic E-state index is 10.7. The van der Waals surface area contributed by atoms with E-state index in [0.29, 0.717) is 18.8 Å². The fourth-order valence-electron chi connectivity index (χ4n) is 3.21. The summed E-state index contributed by atoms with van der Waals surface area (Å²) in [5.41, 5.74) is 0. The van der Waals surface area contributed by atoms with E-state index in [-0.39, 0.29) is 10.5 Å². The van der Waals surface area contributed by atoms with Gasteiger partial charge in [0.1, 0.15) is 0 Å². The van der Waals surface area contributed by atoms with Crippen LogP contribution in [0.5, 0.6) is 0 Å². The Morgan fingerprint density at radius 1 is 0.560 bits per heavy atom. The first-order valence-electron chi connectivity index (χ1n) is 10.4. The summed E-state index contributed by atoms with van der Waals surface area (Å²) in [5, 5.41) is -0.396. The molecule has 2 nitrogen and oxygen atoms in total. The minimum Gasteiger partial charge on any atom is -0.281 e. The molecule has 0 aromatic heterocycles. The molecule has 0 amide bonds. The van der Waals surface area contributed by atoms with E-state index in [2.05, 4.69) is 6.92 Å². The zero-order chi connectivity index (χ0) is 18.8. The van der Waals surface area contributed by atoms with Crippen LogP contribution in [-0.4, -0.2) is 10.5 Å². The summed E-state index contributed by atoms with van der Waals surface area (Å²) in [7, 11) is 0. The van der Waals surface area contributed by atoms with Crippen LogP contribution in [0.1, 0.15) is 116 Å². The van der Waals surface area contributed by atoms with Gasteiger partial charge >= 0.3 is 0 Å². The molecule has 0 N–H and O–H groups in total. The molecule has 0 rings (SSSR count). The van der Waals surface area contributed by atoms with Crippen LogP contribution in [0, 0.1) is 5.92 Å². The normalized spacial score (nSPS) is 12.3. The first kappa shape index (κ1) is 24.9. The number of halogens is 2. The SMILES string of the molecule is CC(CCCCCCCCCCCCCCCC(=O)Cl)CCC(=O)Cl. The maximum absolute atomic E-state index is 10.7. The Morgan fingerprint density at radius 3 is 1.32 bits per heavy atom. The van der Waals surface area contributed by atoms with Crippen molar-refractivity contribution >= 4 is 33.7 Å². The Labute approximate surface area is 165 Å². The van der Waals surface area contributed by atoms with Crippen LogP contribution in [0.2, 0.25) is 0 Å². The number of hydrogen-bond donors (Lipinski definition) is 0. The molecule has 25 heavy (non-hydrogen) atoms. The highest BCUT2D eigenvalue weighted by molar-refractivity contribution is 6.63. The molecule has 0 saturated heterocycles. The fraction of sp³-hybridized carbons (Fsp3) is 0.905. The Morgan fingerprint density at radius 2 is 0.920 bits per heavy atom. The first-order valence-corrected chi connectivity index (χ1v) is 11.1. The van der Waals surface area contributed by atoms with Crippen LogP contribution in [0.25, 0.3) is 0 Å². The van der Waals surface area contributed by atoms with Crippen molar-refractivity contribution in [1.29, 1.82) is 0 Å². The predicted octanol–water partition coefficient (Wildman–Crippen LogP) is 7.79. The predicted molar refractivity (Wildman–Crippen MR) is 109 cm³/mol. The van der Waals surface area contributed by atoms with E-state index in [4.69, 9.17) is 23.2 Å². The van der Waals surface area contributed by atoms with Crippen molar-refractivity contribution in [2.75, 3.05) is 0 Å². The molecule has 1 atom stereocenters. The summed E-state index contributed by atoms with van der Waals surface area (Å²) in [6.45, 7) is 2.22. The Bertz CT molecular complexity index is 332. The molecular weight excluding hydrogens is 355 g/mol. The van der Waals surface area contributed by atoms with Gasteiger partial charge in [0.05, 0.1) is 0 Å². The lowest BCUT2D eigenvalue weighted by molar-refractivity contribution is -0.112. The molecule has 0 heterocycles. The zero-order valence-electron chi connectivity index (χ0n) is 16.2. The molecule has 0 aromatic rings. The van der Waals surface area contributed by atoms with Crippen LogP contribution in [0.4, 0.5) is 0 Å². The van der Waals surface area contributed by atoms with Crippen LogP contribution in [0.3, 0.4) is 0 Å². The van der Waals surface area contributed by atoms with Crippen molar-refractivity contribution in [3.63, 3.8) is 0 Å². The van der Waals surface area contributed by atoms with E-state index in [0.717, 1.165) is 19.3 Å². The summed E-state index contributed by atoms with van der Waals surface area (Å²) in [4.78, 5) is 21.3. The molecule has 0 aliphatic heterocycles. The molecule has 0 fully saturated rings. The highest BCUT2D eigenvalue weighted by Gasteiger charge is 2.04. The fourth-order valence-corrected chi connectivity index (χ4v) is 3.45. The summed E-state index contributed by atoms with van der Waals surface area (Å²) >= 11 is 10.7. The molecule has 1 unspecified atom stereocenters. The van der Waals surface area contributed by atoms with Crippen molar-refractivity contribution in [2.24, 2.45) is 5.92 Å². The third-order valence-corrected chi connectivity index (χ3v) is 5.28. The minimum absolute atomic E-state index is 0.197. The van der Waals surface area contributed by atoms with Gasteiger partial charge in [0, 0.05) is 12.8 Å². The van der Waals surface area contributed by atoms with Gasteiger partial charge in [-0.25, -0.2) is 0 Å². The number of unbranched alkanes of at least 4 members (excludes halogenated alkanes) is 12. The van der Waals surface area contributed by atoms with Gasteiger partial charge in [-0.2, -0.15) is 0 Å². The van der Waals surface area contributed by atoms with Crippen LogP contribution in [-0.2, 0) is 9.59 Å². The highest BCUT2D eigenvalue weighted by Crippen LogP contribution is 2.17. The van der Waals surface area contributed by atoms with E-state index in [1.807, 2.05) is 0 Å². The second-order valence-electron chi connectivity index (χ2n) is 7.49. The van der Waals surface area contributed by atoms with E-state index < -0.39 is 0 Å². The smallest absolute Gasteiger partial charge is 0.221 e. The average Bonchev–Trinajstić information content (AvgIpc) is 2.56. The molecule has 0 bridgehead atoms.